The molecule has 0 saturated carbocycles. The van der Waals surface area contributed by atoms with E-state index in [9.17, 15) is 14.4 Å². The monoisotopic (exact) mass is 982 g/mol. The van der Waals surface area contributed by atoms with Gasteiger partial charge in [0.2, 0.25) is 0 Å². The van der Waals surface area contributed by atoms with Crippen molar-refractivity contribution in [3.8, 4) is 46.0 Å². The number of nitrogens with one attached hydrogen (secondary N) is 2. The maximum absolute atomic E-state index is 13.7. The molecule has 0 aliphatic carbocycles. The van der Waals surface area contributed by atoms with Crippen LogP contribution in [0.4, 0.5) is 34.1 Å². The molecule has 9 rings (SSSR count). The fourth-order valence-corrected chi connectivity index (χ4v) is 7.82. The molecule has 0 spiro atoms. The van der Waals surface area contributed by atoms with Crippen LogP contribution in [0, 0.1) is 0 Å². The Morgan fingerprint density at radius 1 is 0.338 bits per heavy atom. The second-order valence-electron chi connectivity index (χ2n) is 17.3. The summed E-state index contributed by atoms with van der Waals surface area (Å²) in [4.78, 5) is 40.4. The number of carbonyl (C=O) groups excluding carboxylic acids is 3. The van der Waals surface area contributed by atoms with E-state index in [1.54, 1.807) is 133 Å². The van der Waals surface area contributed by atoms with E-state index in [1.807, 2.05) is 66.7 Å². The van der Waals surface area contributed by atoms with Crippen LogP contribution in [0.25, 0.3) is 0 Å². The molecule has 9 aromatic rings. The van der Waals surface area contributed by atoms with Gasteiger partial charge in [-0.3, -0.25) is 9.59 Å². The largest absolute Gasteiger partial charge is 0.465 e. The first-order valence-electron chi connectivity index (χ1n) is 23.3. The minimum Gasteiger partial charge on any atom is -0.465 e. The number of amides is 2. The first-order valence-corrected chi connectivity index (χ1v) is 23.3. The number of nitrogen functional groups attached to an aromatic ring is 4. The molecule has 0 aliphatic rings. The Labute approximate surface area is 427 Å². The Bertz CT molecular complexity index is 3090. The zero-order valence-corrected chi connectivity index (χ0v) is 40.0. The van der Waals surface area contributed by atoms with Gasteiger partial charge >= 0.3 is 5.97 Å². The highest BCUT2D eigenvalue weighted by Crippen LogP contribution is 2.34. The van der Waals surface area contributed by atoms with Crippen molar-refractivity contribution in [2.24, 2.45) is 0 Å². The van der Waals surface area contributed by atoms with Crippen molar-refractivity contribution in [3.63, 3.8) is 0 Å². The molecule has 74 heavy (non-hydrogen) atoms. The fourth-order valence-electron chi connectivity index (χ4n) is 7.82. The van der Waals surface area contributed by atoms with E-state index in [0.29, 0.717) is 110 Å². The van der Waals surface area contributed by atoms with Gasteiger partial charge in [-0.2, -0.15) is 0 Å². The Balaban J connectivity index is 0.867. The number of ether oxygens (including phenoxy) is 5. The summed E-state index contributed by atoms with van der Waals surface area (Å²) in [5.41, 5.74) is 31.7. The van der Waals surface area contributed by atoms with Gasteiger partial charge in [-0.1, -0.05) is 30.3 Å². The third-order valence-electron chi connectivity index (χ3n) is 11.5. The van der Waals surface area contributed by atoms with Crippen molar-refractivity contribution in [3.05, 3.63) is 239 Å². The molecule has 14 nitrogen and oxygen atoms in total. The van der Waals surface area contributed by atoms with Gasteiger partial charge in [0.15, 0.2) is 0 Å². The van der Waals surface area contributed by atoms with E-state index < -0.39 is 5.97 Å². The molecule has 0 fully saturated rings. The Hall–Kier alpha value is -10.2. The molecule has 14 heteroatoms. The Kier molecular flexibility index (Phi) is 14.7. The third-order valence-corrected chi connectivity index (χ3v) is 11.5. The number of hydrogen-bond acceptors (Lipinski definition) is 12. The minimum absolute atomic E-state index is 0.304. The van der Waals surface area contributed by atoms with Crippen LogP contribution in [0.15, 0.2) is 200 Å². The van der Waals surface area contributed by atoms with Crippen molar-refractivity contribution in [1.82, 2.24) is 0 Å². The van der Waals surface area contributed by atoms with Crippen molar-refractivity contribution in [2.75, 3.05) is 40.7 Å². The molecule has 0 unspecified atom stereocenters. The highest BCUT2D eigenvalue weighted by atomic mass is 16.5. The highest BCUT2D eigenvalue weighted by Gasteiger charge is 2.16. The van der Waals surface area contributed by atoms with Gasteiger partial charge in [0, 0.05) is 57.4 Å². The number of methoxy groups -OCH3 is 1. The van der Waals surface area contributed by atoms with Crippen LogP contribution in [0.2, 0.25) is 0 Å². The van der Waals surface area contributed by atoms with Crippen molar-refractivity contribution in [1.29, 1.82) is 0 Å². The molecule has 0 aliphatic heterocycles. The number of anilines is 6. The molecule has 0 radical (unpaired) electrons. The predicted octanol–water partition coefficient (Wildman–Crippen LogP) is 12.7. The van der Waals surface area contributed by atoms with E-state index in [-0.39, 0.29) is 11.8 Å². The first-order chi connectivity index (χ1) is 35.8. The van der Waals surface area contributed by atoms with Crippen LogP contribution in [-0.2, 0) is 17.6 Å². The normalized spacial score (nSPS) is 10.7. The number of carbonyl (C=O) groups is 3. The van der Waals surface area contributed by atoms with Gasteiger partial charge in [-0.05, 0) is 193 Å². The minimum atomic E-state index is -0.459. The van der Waals surface area contributed by atoms with Crippen LogP contribution in [0.1, 0.15) is 53.3 Å². The van der Waals surface area contributed by atoms with Crippen LogP contribution in [-0.4, -0.2) is 24.9 Å². The molecule has 368 valence electrons. The quantitative estimate of drug-likeness (QED) is 0.0370. The lowest BCUT2D eigenvalue weighted by atomic mass is 9.96. The van der Waals surface area contributed by atoms with Gasteiger partial charge in [-0.25, -0.2) is 4.79 Å². The topological polar surface area (TPSA) is 225 Å². The summed E-state index contributed by atoms with van der Waals surface area (Å²) < 4.78 is 29.5. The summed E-state index contributed by atoms with van der Waals surface area (Å²) in [5.74, 6) is 2.46. The highest BCUT2D eigenvalue weighted by molar-refractivity contribution is 6.05. The summed E-state index contributed by atoms with van der Waals surface area (Å²) in [6.07, 6.45) is 0.985. The van der Waals surface area contributed by atoms with Crippen LogP contribution in [0.3, 0.4) is 0 Å². The Morgan fingerprint density at radius 2 is 0.635 bits per heavy atom. The fraction of sp³-hybridized carbons (Fsp3) is 0.0500. The van der Waals surface area contributed by atoms with Crippen LogP contribution < -0.4 is 52.5 Å². The number of rotatable bonds is 17. The summed E-state index contributed by atoms with van der Waals surface area (Å²) in [5, 5.41) is 5.95. The van der Waals surface area contributed by atoms with E-state index in [4.69, 9.17) is 46.6 Å². The average molecular weight is 983 g/mol. The van der Waals surface area contributed by atoms with Gasteiger partial charge in [0.1, 0.15) is 46.0 Å². The average Bonchev–Trinajstić information content (AvgIpc) is 3.40. The zero-order chi connectivity index (χ0) is 51.6. The van der Waals surface area contributed by atoms with E-state index in [0.717, 1.165) is 22.3 Å². The first kappa shape index (κ1) is 48.8. The lowest BCUT2D eigenvalue weighted by Crippen LogP contribution is -2.12. The van der Waals surface area contributed by atoms with Gasteiger partial charge in [0.25, 0.3) is 11.8 Å². The van der Waals surface area contributed by atoms with Crippen molar-refractivity contribution in [2.45, 2.75) is 12.8 Å². The SMILES string of the molecule is COC(=O)c1cc(Cc2ccc(NC(=O)c3cc(Oc4ccc(N)cc4)cc(Oc4ccc(N)cc4)c3)cc2)cc(Cc2ccc(NC(=O)c3cc(Oc4ccc(N)cc4)cc(Oc4ccc(N)cc4)c3)cc2)c1. The van der Waals surface area contributed by atoms with E-state index >= 15 is 0 Å². The van der Waals surface area contributed by atoms with Gasteiger partial charge < -0.3 is 57.3 Å². The molecule has 10 N–H and O–H groups in total. The lowest BCUT2D eigenvalue weighted by molar-refractivity contribution is 0.0600. The molecule has 0 bridgehead atoms. The van der Waals surface area contributed by atoms with E-state index in [1.165, 1.54) is 7.11 Å². The van der Waals surface area contributed by atoms with Gasteiger partial charge in [0.05, 0.1) is 12.7 Å². The standard InChI is InChI=1S/C60H50N6O8/c1-70-60(69)43-29-39(26-37-2-14-48(15-3-37)65-58(67)41-31-54(71-50-18-6-44(61)7-19-50)35-55(32-41)72-51-20-8-45(62)9-21-51)28-40(30-43)27-38-4-16-49(17-5-38)66-59(68)42-33-56(73-52-22-10-46(63)11-23-52)36-57(34-42)74-53-24-12-47(64)13-25-53/h2-25,28-36H,26-27,61-64H2,1H3,(H,65,67)(H,66,68). The van der Waals surface area contributed by atoms with Crippen molar-refractivity contribution >= 4 is 51.9 Å². The van der Waals surface area contributed by atoms with Crippen LogP contribution >= 0.6 is 0 Å². The second-order valence-corrected chi connectivity index (χ2v) is 17.3. The van der Waals surface area contributed by atoms with Crippen molar-refractivity contribution < 1.29 is 38.1 Å². The smallest absolute Gasteiger partial charge is 0.337 e. The van der Waals surface area contributed by atoms with Gasteiger partial charge in [-0.15, -0.1) is 0 Å². The summed E-state index contributed by atoms with van der Waals surface area (Å²) >= 11 is 0. The number of hydrogen-bond donors (Lipinski definition) is 6. The molecule has 0 heterocycles. The lowest BCUT2D eigenvalue weighted by Gasteiger charge is -2.13. The summed E-state index contributed by atoms with van der Waals surface area (Å²) in [7, 11) is 1.35. The molecular formula is C60H50N6O8. The molecule has 0 aromatic heterocycles. The number of benzene rings is 9. The molecule has 0 atom stereocenters. The van der Waals surface area contributed by atoms with E-state index in [2.05, 4.69) is 10.6 Å². The molecular weight excluding hydrogens is 933 g/mol. The Morgan fingerprint density at radius 3 is 0.919 bits per heavy atom. The third kappa shape index (κ3) is 13.1. The zero-order valence-electron chi connectivity index (χ0n) is 40.0. The maximum Gasteiger partial charge on any atom is 0.337 e. The molecule has 9 aromatic carbocycles. The number of nitrogens with two attached hydrogens (primary N) is 4. The summed E-state index contributed by atoms with van der Waals surface area (Å²) in [6.45, 7) is 0. The summed E-state index contributed by atoms with van der Waals surface area (Å²) in [6, 6.07) is 58.2. The van der Waals surface area contributed by atoms with Crippen LogP contribution in [0.5, 0.6) is 46.0 Å². The maximum atomic E-state index is 13.7. The predicted molar refractivity (Wildman–Crippen MR) is 289 cm³/mol. The molecule has 0 saturated heterocycles. The second kappa shape index (κ2) is 22.3. The number of esters is 1. The molecule has 2 amide bonds.